The normalized spacial score (nSPS) is 10.9. The summed E-state index contributed by atoms with van der Waals surface area (Å²) in [7, 11) is 0. The van der Waals surface area contributed by atoms with Gasteiger partial charge in [-0.1, -0.05) is 0 Å². The van der Waals surface area contributed by atoms with Gasteiger partial charge in [-0.3, -0.25) is 0 Å². The number of amides is 1. The van der Waals surface area contributed by atoms with Crippen LogP contribution in [0.15, 0.2) is 0 Å². The van der Waals surface area contributed by atoms with Gasteiger partial charge >= 0.3 is 7.52 Å². The second-order valence-corrected chi connectivity index (χ2v) is 2.53. The summed E-state index contributed by atoms with van der Waals surface area (Å²) in [5.74, 6) is 0. The van der Waals surface area contributed by atoms with Gasteiger partial charge in [0, 0.05) is 0 Å². The molecular formula is C5H12NO2+. The van der Waals surface area contributed by atoms with E-state index in [1.165, 1.54) is 0 Å². The highest BCUT2D eigenvalue weighted by molar-refractivity contribution is 5.65. The standard InChI is InChI=1S/C5H11NO2/c1-5(2,3)8-4(6)7/h1-3H3,(H2,6,7)/p+1. The fraction of sp³-hybridized carbons (Fsp3) is 0.800. The molecule has 0 aromatic heterocycles. The molecule has 0 atom stereocenters. The van der Waals surface area contributed by atoms with Gasteiger partial charge in [-0.25, -0.2) is 4.79 Å². The van der Waals surface area contributed by atoms with Gasteiger partial charge in [-0.15, -0.1) is 0 Å². The average Bonchev–Trinajstić information content (AvgIpc) is 1.21. The van der Waals surface area contributed by atoms with Crippen LogP contribution in [-0.4, -0.2) is 11.7 Å². The Morgan fingerprint density at radius 1 is 1.62 bits per heavy atom. The number of nitrogens with two attached hydrogens (primary N) is 1. The van der Waals surface area contributed by atoms with Crippen molar-refractivity contribution >= 4 is 6.09 Å². The predicted molar refractivity (Wildman–Crippen MR) is 31.5 cm³/mol. The first kappa shape index (κ1) is 7.27. The van der Waals surface area contributed by atoms with Crippen LogP contribution in [0.5, 0.6) is 0 Å². The number of ether oxygens (including phenoxy) is 1. The smallest absolute Gasteiger partial charge is 0.444 e. The first-order valence-electron chi connectivity index (χ1n) is 2.40. The Bertz CT molecular complexity index is 97.6. The van der Waals surface area contributed by atoms with Crippen molar-refractivity contribution in [2.75, 3.05) is 0 Å². The largest absolute Gasteiger partial charge is 1.00 e. The monoisotopic (exact) mass is 118 g/mol. The average molecular weight is 118 g/mol. The Morgan fingerprint density at radius 3 is 2.00 bits per heavy atom. The van der Waals surface area contributed by atoms with Crippen molar-refractivity contribution in [2.45, 2.75) is 26.4 Å². The van der Waals surface area contributed by atoms with E-state index in [2.05, 4.69) is 4.74 Å². The molecule has 0 unspecified atom stereocenters. The summed E-state index contributed by atoms with van der Waals surface area (Å²) in [6.45, 7) is 5.28. The van der Waals surface area contributed by atoms with Gasteiger partial charge in [-0.2, -0.15) is 0 Å². The van der Waals surface area contributed by atoms with Crippen molar-refractivity contribution in [3.05, 3.63) is 0 Å². The van der Waals surface area contributed by atoms with Crippen LogP contribution in [0.1, 0.15) is 22.2 Å². The maximum Gasteiger partial charge on any atom is 1.00 e. The van der Waals surface area contributed by atoms with E-state index in [-0.39, 0.29) is 1.43 Å². The summed E-state index contributed by atoms with van der Waals surface area (Å²) >= 11 is 0. The fourth-order valence-corrected chi connectivity index (χ4v) is 0.302. The van der Waals surface area contributed by atoms with Gasteiger partial charge in [0.25, 0.3) is 0 Å². The van der Waals surface area contributed by atoms with E-state index in [0.29, 0.717) is 0 Å². The van der Waals surface area contributed by atoms with E-state index < -0.39 is 11.7 Å². The van der Waals surface area contributed by atoms with Gasteiger partial charge in [0.15, 0.2) is 0 Å². The Morgan fingerprint density at radius 2 is 2.00 bits per heavy atom. The lowest BCUT2D eigenvalue weighted by Gasteiger charge is -2.16. The third-order valence-electron chi connectivity index (χ3n) is 0.407. The van der Waals surface area contributed by atoms with Crippen LogP contribution in [0.2, 0.25) is 0 Å². The topological polar surface area (TPSA) is 52.3 Å². The molecule has 0 saturated carbocycles. The lowest BCUT2D eigenvalue weighted by atomic mass is 10.2. The zero-order valence-electron chi connectivity index (χ0n) is 6.39. The van der Waals surface area contributed by atoms with Crippen LogP contribution < -0.4 is 5.73 Å². The first-order valence-corrected chi connectivity index (χ1v) is 2.40. The third kappa shape index (κ3) is 5.27. The molecule has 1 amide bonds. The Hall–Kier alpha value is -0.730. The Balaban J connectivity index is 0. The molecule has 0 aliphatic heterocycles. The van der Waals surface area contributed by atoms with E-state index in [1.807, 2.05) is 0 Å². The molecule has 2 N–H and O–H groups in total. The van der Waals surface area contributed by atoms with E-state index in [9.17, 15) is 4.79 Å². The molecule has 0 spiro atoms. The summed E-state index contributed by atoms with van der Waals surface area (Å²) in [6.07, 6.45) is -0.725. The number of carbonyl (C=O) groups is 1. The van der Waals surface area contributed by atoms with E-state index in [1.54, 1.807) is 20.8 Å². The van der Waals surface area contributed by atoms with Crippen molar-refractivity contribution in [1.82, 2.24) is 0 Å². The Kier molecular flexibility index (Phi) is 1.84. The second kappa shape index (κ2) is 2.03. The molecule has 8 heavy (non-hydrogen) atoms. The molecule has 0 aromatic rings. The molecule has 0 fully saturated rings. The Labute approximate surface area is 50.3 Å². The number of hydrogen-bond acceptors (Lipinski definition) is 2. The quantitative estimate of drug-likeness (QED) is 0.515. The van der Waals surface area contributed by atoms with Crippen LogP contribution in [0.4, 0.5) is 4.79 Å². The zero-order valence-corrected chi connectivity index (χ0v) is 5.39. The van der Waals surface area contributed by atoms with Crippen molar-refractivity contribution in [2.24, 2.45) is 5.73 Å². The van der Waals surface area contributed by atoms with Crippen LogP contribution in [0.25, 0.3) is 0 Å². The van der Waals surface area contributed by atoms with Gasteiger partial charge in [0.2, 0.25) is 0 Å². The first-order chi connectivity index (χ1) is 3.42. The lowest BCUT2D eigenvalue weighted by Crippen LogP contribution is -2.27. The molecular weight excluding hydrogens is 106 g/mol. The van der Waals surface area contributed by atoms with Gasteiger partial charge in [-0.05, 0) is 20.8 Å². The van der Waals surface area contributed by atoms with E-state index >= 15 is 0 Å². The molecule has 3 nitrogen and oxygen atoms in total. The third-order valence-corrected chi connectivity index (χ3v) is 0.407. The number of primary amides is 1. The molecule has 0 bridgehead atoms. The molecule has 0 rings (SSSR count). The molecule has 0 aliphatic rings. The minimum atomic E-state index is -0.725. The van der Waals surface area contributed by atoms with Crippen LogP contribution in [0, 0.1) is 0 Å². The summed E-state index contributed by atoms with van der Waals surface area (Å²) < 4.78 is 4.58. The maximum absolute atomic E-state index is 10.0. The molecule has 0 radical (unpaired) electrons. The van der Waals surface area contributed by atoms with Gasteiger partial charge in [0.05, 0.1) is 0 Å². The molecule has 0 aliphatic carbocycles. The summed E-state index contributed by atoms with van der Waals surface area (Å²) in [6, 6.07) is 0. The minimum Gasteiger partial charge on any atom is -0.444 e. The van der Waals surface area contributed by atoms with Crippen LogP contribution >= 0.6 is 0 Å². The number of carbonyl (C=O) groups excluding carboxylic acids is 1. The minimum absolute atomic E-state index is 0. The second-order valence-electron chi connectivity index (χ2n) is 2.53. The van der Waals surface area contributed by atoms with Crippen molar-refractivity contribution in [3.63, 3.8) is 0 Å². The summed E-state index contributed by atoms with van der Waals surface area (Å²) in [5, 5.41) is 0. The molecule has 0 aromatic carbocycles. The maximum atomic E-state index is 10.0. The molecule has 48 valence electrons. The van der Waals surface area contributed by atoms with E-state index in [4.69, 9.17) is 5.73 Å². The zero-order chi connectivity index (χ0) is 6.78. The number of hydrogen-bond donors (Lipinski definition) is 1. The highest BCUT2D eigenvalue weighted by Crippen LogP contribution is 2.04. The predicted octanol–water partition coefficient (Wildman–Crippen LogP) is 0.993. The van der Waals surface area contributed by atoms with Crippen molar-refractivity contribution in [1.29, 1.82) is 0 Å². The fourth-order valence-electron chi connectivity index (χ4n) is 0.302. The molecule has 0 saturated heterocycles. The highest BCUT2D eigenvalue weighted by Gasteiger charge is 2.12. The summed E-state index contributed by atoms with van der Waals surface area (Å²) in [5.41, 5.74) is 4.26. The molecule has 0 heterocycles. The van der Waals surface area contributed by atoms with Crippen molar-refractivity contribution < 1.29 is 11.0 Å². The number of rotatable bonds is 0. The highest BCUT2D eigenvalue weighted by atomic mass is 16.6. The lowest BCUT2D eigenvalue weighted by molar-refractivity contribution is 0.0600. The van der Waals surface area contributed by atoms with Crippen LogP contribution in [-0.2, 0) is 4.74 Å². The van der Waals surface area contributed by atoms with Gasteiger partial charge in [0.1, 0.15) is 5.60 Å². The van der Waals surface area contributed by atoms with E-state index in [0.717, 1.165) is 0 Å². The SMILES string of the molecule is CC(C)(C)OC(N)=O.[H+]. The van der Waals surface area contributed by atoms with Gasteiger partial charge < -0.3 is 10.5 Å². The van der Waals surface area contributed by atoms with Crippen LogP contribution in [0.3, 0.4) is 0 Å². The van der Waals surface area contributed by atoms with Crippen molar-refractivity contribution in [3.8, 4) is 0 Å². The summed E-state index contributed by atoms with van der Waals surface area (Å²) in [4.78, 5) is 10.0. The molecule has 3 heteroatoms.